The van der Waals surface area contributed by atoms with Gasteiger partial charge in [0, 0.05) is 6.04 Å². The molecule has 3 rings (SSSR count). The van der Waals surface area contributed by atoms with Crippen molar-refractivity contribution in [1.82, 2.24) is 0 Å². The maximum atomic E-state index is 6.13. The summed E-state index contributed by atoms with van der Waals surface area (Å²) in [5, 5.41) is 0. The molecular weight excluding hydrogens is 242 g/mol. The van der Waals surface area contributed by atoms with E-state index in [4.69, 9.17) is 5.73 Å². The van der Waals surface area contributed by atoms with Crippen LogP contribution >= 0.6 is 0 Å². The fourth-order valence-corrected chi connectivity index (χ4v) is 2.87. The maximum Gasteiger partial charge on any atom is 0.0292 e. The van der Waals surface area contributed by atoms with Crippen LogP contribution in [0.25, 0.3) is 11.1 Å². The Labute approximate surface area is 121 Å². The summed E-state index contributed by atoms with van der Waals surface area (Å²) >= 11 is 0. The van der Waals surface area contributed by atoms with Crippen LogP contribution in [0.3, 0.4) is 0 Å². The van der Waals surface area contributed by atoms with Crippen LogP contribution in [0, 0.1) is 0 Å². The quantitative estimate of drug-likeness (QED) is 0.824. The average Bonchev–Trinajstić information content (AvgIpc) is 2.45. The van der Waals surface area contributed by atoms with Crippen LogP contribution in [-0.4, -0.2) is 0 Å². The lowest BCUT2D eigenvalue weighted by Gasteiger charge is -2.25. The molecule has 20 heavy (non-hydrogen) atoms. The van der Waals surface area contributed by atoms with Crippen molar-refractivity contribution >= 4 is 0 Å². The molecule has 1 atom stereocenters. The zero-order chi connectivity index (χ0) is 13.9. The second-order valence-corrected chi connectivity index (χ2v) is 5.89. The van der Waals surface area contributed by atoms with Crippen LogP contribution in [0.1, 0.15) is 55.7 Å². The molecule has 2 aromatic carbocycles. The molecule has 0 heterocycles. The highest BCUT2D eigenvalue weighted by Gasteiger charge is 2.19. The lowest BCUT2D eigenvalue weighted by atomic mass is 9.80. The van der Waals surface area contributed by atoms with Crippen molar-refractivity contribution < 1.29 is 0 Å². The van der Waals surface area contributed by atoms with E-state index in [2.05, 4.69) is 55.5 Å². The summed E-state index contributed by atoms with van der Waals surface area (Å²) in [7, 11) is 0. The Balaban J connectivity index is 1.84. The van der Waals surface area contributed by atoms with E-state index in [1.807, 2.05) is 0 Å². The van der Waals surface area contributed by atoms with Crippen molar-refractivity contribution in [1.29, 1.82) is 0 Å². The summed E-state index contributed by atoms with van der Waals surface area (Å²) in [5.74, 6) is 0.809. The van der Waals surface area contributed by atoms with Gasteiger partial charge < -0.3 is 5.73 Å². The first-order valence-electron chi connectivity index (χ1n) is 7.74. The second kappa shape index (κ2) is 5.80. The molecule has 1 aliphatic carbocycles. The molecule has 0 aromatic heterocycles. The smallest absolute Gasteiger partial charge is 0.0292 e. The summed E-state index contributed by atoms with van der Waals surface area (Å²) in [6.45, 7) is 2.13. The van der Waals surface area contributed by atoms with Gasteiger partial charge in [-0.3, -0.25) is 0 Å². The van der Waals surface area contributed by atoms with Gasteiger partial charge >= 0.3 is 0 Å². The number of rotatable bonds is 4. The summed E-state index contributed by atoms with van der Waals surface area (Å²) in [6.07, 6.45) is 5.09. The van der Waals surface area contributed by atoms with E-state index >= 15 is 0 Å². The first-order valence-corrected chi connectivity index (χ1v) is 7.74. The number of hydrogen-bond acceptors (Lipinski definition) is 1. The SMILES string of the molecule is CCC(N)c1cccc(-c2ccc(C3CCC3)cc2)c1. The van der Waals surface area contributed by atoms with Crippen molar-refractivity contribution in [3.63, 3.8) is 0 Å². The third kappa shape index (κ3) is 2.64. The van der Waals surface area contributed by atoms with Gasteiger partial charge in [0.25, 0.3) is 0 Å². The highest BCUT2D eigenvalue weighted by atomic mass is 14.6. The predicted octanol–water partition coefficient (Wildman–Crippen LogP) is 5.03. The molecule has 1 heteroatoms. The highest BCUT2D eigenvalue weighted by Crippen LogP contribution is 2.37. The monoisotopic (exact) mass is 265 g/mol. The minimum Gasteiger partial charge on any atom is -0.324 e. The van der Waals surface area contributed by atoms with Crippen LogP contribution in [0.2, 0.25) is 0 Å². The molecule has 0 aliphatic heterocycles. The second-order valence-electron chi connectivity index (χ2n) is 5.89. The van der Waals surface area contributed by atoms with Gasteiger partial charge in [-0.2, -0.15) is 0 Å². The summed E-state index contributed by atoms with van der Waals surface area (Å²) in [4.78, 5) is 0. The first-order chi connectivity index (χ1) is 9.78. The van der Waals surface area contributed by atoms with Gasteiger partial charge in [0.1, 0.15) is 0 Å². The molecule has 0 bridgehead atoms. The molecule has 1 fully saturated rings. The van der Waals surface area contributed by atoms with Crippen LogP contribution < -0.4 is 5.73 Å². The van der Waals surface area contributed by atoms with Gasteiger partial charge in [-0.25, -0.2) is 0 Å². The molecule has 2 aromatic rings. The van der Waals surface area contributed by atoms with Crippen LogP contribution in [0.4, 0.5) is 0 Å². The minimum absolute atomic E-state index is 0.143. The Bertz CT molecular complexity index is 567. The predicted molar refractivity (Wildman–Crippen MR) is 85.7 cm³/mol. The molecule has 104 valence electrons. The van der Waals surface area contributed by atoms with Crippen molar-refractivity contribution in [2.45, 2.75) is 44.6 Å². The molecule has 0 radical (unpaired) electrons. The van der Waals surface area contributed by atoms with Gasteiger partial charge in [0.15, 0.2) is 0 Å². The minimum atomic E-state index is 0.143. The fraction of sp³-hybridized carbons (Fsp3) is 0.368. The van der Waals surface area contributed by atoms with E-state index in [9.17, 15) is 0 Å². The van der Waals surface area contributed by atoms with Crippen molar-refractivity contribution in [2.24, 2.45) is 5.73 Å². The number of nitrogens with two attached hydrogens (primary N) is 1. The maximum absolute atomic E-state index is 6.13. The number of benzene rings is 2. The molecule has 0 amide bonds. The van der Waals surface area contributed by atoms with Crippen LogP contribution in [0.5, 0.6) is 0 Å². The van der Waals surface area contributed by atoms with Gasteiger partial charge in [0.2, 0.25) is 0 Å². The van der Waals surface area contributed by atoms with Crippen LogP contribution in [0.15, 0.2) is 48.5 Å². The highest BCUT2D eigenvalue weighted by molar-refractivity contribution is 5.64. The van der Waals surface area contributed by atoms with Gasteiger partial charge in [-0.1, -0.05) is 55.8 Å². The topological polar surface area (TPSA) is 26.0 Å². The molecule has 2 N–H and O–H groups in total. The third-order valence-corrected chi connectivity index (χ3v) is 4.58. The molecular formula is C19H23N. The zero-order valence-electron chi connectivity index (χ0n) is 12.2. The summed E-state index contributed by atoms with van der Waals surface area (Å²) < 4.78 is 0. The third-order valence-electron chi connectivity index (χ3n) is 4.58. The molecule has 0 spiro atoms. The average molecular weight is 265 g/mol. The summed E-state index contributed by atoms with van der Waals surface area (Å²) in [5.41, 5.74) is 11.4. The van der Waals surface area contributed by atoms with E-state index in [0.29, 0.717) is 0 Å². The Kier molecular flexibility index (Phi) is 3.88. The van der Waals surface area contributed by atoms with Gasteiger partial charge in [0.05, 0.1) is 0 Å². The molecule has 1 saturated carbocycles. The summed E-state index contributed by atoms with van der Waals surface area (Å²) in [6, 6.07) is 17.9. The molecule has 1 aliphatic rings. The molecule has 0 saturated heterocycles. The Morgan fingerprint density at radius 2 is 1.80 bits per heavy atom. The zero-order valence-corrected chi connectivity index (χ0v) is 12.2. The van der Waals surface area contributed by atoms with Crippen molar-refractivity contribution in [2.75, 3.05) is 0 Å². The van der Waals surface area contributed by atoms with E-state index < -0.39 is 0 Å². The van der Waals surface area contributed by atoms with E-state index in [1.165, 1.54) is 41.5 Å². The van der Waals surface area contributed by atoms with Crippen molar-refractivity contribution in [3.8, 4) is 11.1 Å². The van der Waals surface area contributed by atoms with E-state index in [0.717, 1.165) is 12.3 Å². The Morgan fingerprint density at radius 3 is 2.40 bits per heavy atom. The molecule has 1 nitrogen and oxygen atoms in total. The first kappa shape index (κ1) is 13.4. The number of hydrogen-bond donors (Lipinski definition) is 1. The Morgan fingerprint density at radius 1 is 1.05 bits per heavy atom. The van der Waals surface area contributed by atoms with Crippen LogP contribution in [-0.2, 0) is 0 Å². The van der Waals surface area contributed by atoms with E-state index in [-0.39, 0.29) is 6.04 Å². The largest absolute Gasteiger partial charge is 0.324 e. The van der Waals surface area contributed by atoms with Gasteiger partial charge in [-0.15, -0.1) is 0 Å². The van der Waals surface area contributed by atoms with E-state index in [1.54, 1.807) is 0 Å². The lowest BCUT2D eigenvalue weighted by Crippen LogP contribution is -2.08. The molecule has 1 unspecified atom stereocenters. The normalized spacial score (nSPS) is 16.7. The lowest BCUT2D eigenvalue weighted by molar-refractivity contribution is 0.420. The standard InChI is InChI=1S/C19H23N/c1-2-19(20)18-8-4-7-17(13-18)16-11-9-15(10-12-16)14-5-3-6-14/h4,7-14,19H,2-3,5-6,20H2,1H3. The van der Waals surface area contributed by atoms with Crippen molar-refractivity contribution in [3.05, 3.63) is 59.7 Å². The fourth-order valence-electron chi connectivity index (χ4n) is 2.87. The van der Waals surface area contributed by atoms with Gasteiger partial charge in [-0.05, 0) is 53.5 Å². The Hall–Kier alpha value is -1.60.